The Hall–Kier alpha value is -3.60. The zero-order valence-corrected chi connectivity index (χ0v) is 15.6. The number of likely N-dealkylation sites (tertiary alicyclic amines) is 1. The van der Waals surface area contributed by atoms with Crippen LogP contribution in [0.1, 0.15) is 24.4 Å². The Morgan fingerprint density at radius 2 is 2.07 bits per heavy atom. The number of piperidine rings is 1. The number of hydrogen-bond donors (Lipinski definition) is 0. The molecule has 0 radical (unpaired) electrons. The van der Waals surface area contributed by atoms with Gasteiger partial charge in [0, 0.05) is 36.6 Å². The van der Waals surface area contributed by atoms with E-state index in [2.05, 4.69) is 22.8 Å². The zero-order chi connectivity index (χ0) is 19.7. The van der Waals surface area contributed by atoms with Crippen LogP contribution < -0.4 is 4.74 Å². The van der Waals surface area contributed by atoms with E-state index in [1.54, 1.807) is 11.6 Å². The van der Waals surface area contributed by atoms with Crippen molar-refractivity contribution >= 4 is 11.4 Å². The van der Waals surface area contributed by atoms with E-state index in [0.29, 0.717) is 29.9 Å². The molecule has 0 N–H and O–H groups in total. The highest BCUT2D eigenvalue weighted by atomic mass is 16.5. The quantitative estimate of drug-likeness (QED) is 0.653. The summed E-state index contributed by atoms with van der Waals surface area (Å²) in [5.74, 6) is 0.575. The van der Waals surface area contributed by atoms with Gasteiger partial charge in [0.25, 0.3) is 0 Å². The first-order valence-electron chi connectivity index (χ1n) is 9.06. The van der Waals surface area contributed by atoms with Crippen molar-refractivity contribution < 1.29 is 9.53 Å². The Balaban J connectivity index is 1.59. The maximum absolute atomic E-state index is 11.7. The summed E-state index contributed by atoms with van der Waals surface area (Å²) in [5, 5.41) is 18.0. The highest BCUT2D eigenvalue weighted by Gasteiger charge is 2.23. The molecule has 1 aliphatic heterocycles. The number of nitriles is 1. The van der Waals surface area contributed by atoms with Crippen molar-refractivity contribution in [3.63, 3.8) is 0 Å². The van der Waals surface area contributed by atoms with Crippen LogP contribution in [0.5, 0.6) is 5.75 Å². The molecule has 0 spiro atoms. The van der Waals surface area contributed by atoms with Crippen LogP contribution in [-0.4, -0.2) is 50.4 Å². The molecular weight excluding hydrogens is 356 g/mol. The van der Waals surface area contributed by atoms with Crippen molar-refractivity contribution in [2.24, 2.45) is 0 Å². The Bertz CT molecular complexity index is 1080. The number of aromatic nitrogens is 4. The summed E-state index contributed by atoms with van der Waals surface area (Å²) < 4.78 is 9.09. The third kappa shape index (κ3) is 3.01. The first-order valence-corrected chi connectivity index (χ1v) is 9.06. The highest BCUT2D eigenvalue weighted by molar-refractivity contribution is 5.87. The third-order valence-corrected chi connectivity index (χ3v) is 5.18. The van der Waals surface area contributed by atoms with E-state index >= 15 is 0 Å². The molecule has 4 heterocycles. The van der Waals surface area contributed by atoms with Gasteiger partial charge in [-0.1, -0.05) is 6.58 Å². The molecule has 0 aliphatic carbocycles. The molecule has 1 saturated heterocycles. The summed E-state index contributed by atoms with van der Waals surface area (Å²) in [6.45, 7) is 4.95. The number of carbonyl (C=O) groups is 1. The summed E-state index contributed by atoms with van der Waals surface area (Å²) in [6, 6.07) is 4.28. The molecule has 3 aromatic heterocycles. The van der Waals surface area contributed by atoms with Gasteiger partial charge >= 0.3 is 0 Å². The second-order valence-electron chi connectivity index (χ2n) is 6.73. The molecule has 3 aromatic rings. The number of ether oxygens (including phenoxy) is 1. The highest BCUT2D eigenvalue weighted by Crippen LogP contribution is 2.31. The van der Waals surface area contributed by atoms with Gasteiger partial charge in [0.15, 0.2) is 0 Å². The number of pyridine rings is 1. The maximum Gasteiger partial charge on any atom is 0.245 e. The molecule has 4 rings (SSSR count). The van der Waals surface area contributed by atoms with Gasteiger partial charge in [0.1, 0.15) is 22.9 Å². The summed E-state index contributed by atoms with van der Waals surface area (Å²) in [5.41, 5.74) is 2.97. The van der Waals surface area contributed by atoms with Gasteiger partial charge in [-0.05, 0) is 25.0 Å². The SMILES string of the molecule is C=CC(=O)N1CCC(n2cc(-c3cc(OC)c4c(C#N)cnn4c3)cn2)CC1. The number of carbonyl (C=O) groups excluding carboxylic acids is 1. The molecular formula is C20H20N6O2. The fourth-order valence-corrected chi connectivity index (χ4v) is 3.65. The van der Waals surface area contributed by atoms with Crippen LogP contribution in [0.25, 0.3) is 16.6 Å². The lowest BCUT2D eigenvalue weighted by molar-refractivity contribution is -0.127. The second kappa shape index (κ2) is 7.19. The minimum absolute atomic E-state index is 0.0176. The summed E-state index contributed by atoms with van der Waals surface area (Å²) in [4.78, 5) is 13.6. The Morgan fingerprint density at radius 3 is 2.75 bits per heavy atom. The predicted octanol–water partition coefficient (Wildman–Crippen LogP) is 2.43. The number of hydrogen-bond acceptors (Lipinski definition) is 5. The van der Waals surface area contributed by atoms with Gasteiger partial charge in [-0.15, -0.1) is 0 Å². The maximum atomic E-state index is 11.7. The molecule has 28 heavy (non-hydrogen) atoms. The first-order chi connectivity index (χ1) is 13.6. The minimum Gasteiger partial charge on any atom is -0.494 e. The average molecular weight is 376 g/mol. The van der Waals surface area contributed by atoms with Crippen LogP contribution in [-0.2, 0) is 4.79 Å². The number of nitrogens with zero attached hydrogens (tertiary/aromatic N) is 6. The van der Waals surface area contributed by atoms with Crippen molar-refractivity contribution in [3.8, 4) is 22.9 Å². The van der Waals surface area contributed by atoms with Crippen LogP contribution in [0.15, 0.2) is 43.5 Å². The Kier molecular flexibility index (Phi) is 4.57. The van der Waals surface area contributed by atoms with Crippen LogP contribution >= 0.6 is 0 Å². The molecule has 0 atom stereocenters. The fraction of sp³-hybridized carbons (Fsp3) is 0.300. The molecule has 0 unspecified atom stereocenters. The largest absolute Gasteiger partial charge is 0.494 e. The van der Waals surface area contributed by atoms with Crippen molar-refractivity contribution in [1.82, 2.24) is 24.3 Å². The lowest BCUT2D eigenvalue weighted by atomic mass is 10.1. The lowest BCUT2D eigenvalue weighted by Crippen LogP contribution is -2.38. The number of methoxy groups -OCH3 is 1. The van der Waals surface area contributed by atoms with Crippen molar-refractivity contribution in [2.45, 2.75) is 18.9 Å². The van der Waals surface area contributed by atoms with E-state index in [9.17, 15) is 10.1 Å². The van der Waals surface area contributed by atoms with E-state index in [1.807, 2.05) is 34.2 Å². The third-order valence-electron chi connectivity index (χ3n) is 5.18. The number of amides is 1. The van der Waals surface area contributed by atoms with E-state index in [0.717, 1.165) is 24.0 Å². The Labute approximate surface area is 162 Å². The van der Waals surface area contributed by atoms with Crippen LogP contribution in [0.3, 0.4) is 0 Å². The average Bonchev–Trinajstić information content (AvgIpc) is 3.39. The molecule has 1 amide bonds. The van der Waals surface area contributed by atoms with Crippen molar-refractivity contribution in [2.75, 3.05) is 20.2 Å². The number of fused-ring (bicyclic) bond motifs is 1. The van der Waals surface area contributed by atoms with Gasteiger partial charge < -0.3 is 9.64 Å². The first kappa shape index (κ1) is 17.8. The molecule has 8 heteroatoms. The molecule has 142 valence electrons. The normalized spacial score (nSPS) is 14.8. The number of rotatable bonds is 4. The molecule has 1 fully saturated rings. The van der Waals surface area contributed by atoms with Gasteiger partial charge in [0.2, 0.25) is 5.91 Å². The van der Waals surface area contributed by atoms with Gasteiger partial charge in [-0.2, -0.15) is 15.5 Å². The molecule has 0 bridgehead atoms. The molecule has 0 saturated carbocycles. The van der Waals surface area contributed by atoms with Crippen LogP contribution in [0.2, 0.25) is 0 Å². The summed E-state index contributed by atoms with van der Waals surface area (Å²) in [7, 11) is 1.58. The Morgan fingerprint density at radius 1 is 1.29 bits per heavy atom. The smallest absolute Gasteiger partial charge is 0.245 e. The van der Waals surface area contributed by atoms with E-state index in [4.69, 9.17) is 4.74 Å². The molecule has 0 aromatic carbocycles. The zero-order valence-electron chi connectivity index (χ0n) is 15.6. The lowest BCUT2D eigenvalue weighted by Gasteiger charge is -2.31. The van der Waals surface area contributed by atoms with Gasteiger partial charge in [-0.3, -0.25) is 9.48 Å². The topological polar surface area (TPSA) is 88.5 Å². The van der Waals surface area contributed by atoms with E-state index in [1.165, 1.54) is 12.3 Å². The van der Waals surface area contributed by atoms with Crippen LogP contribution in [0.4, 0.5) is 0 Å². The monoisotopic (exact) mass is 376 g/mol. The predicted molar refractivity (Wildman–Crippen MR) is 103 cm³/mol. The standard InChI is InChI=1S/C20H20N6O2/c1-3-19(27)24-6-4-17(5-7-24)25-13-16(11-22-25)14-8-18(28-2)20-15(9-21)10-23-26(20)12-14/h3,8,10-13,17H,1,4-7H2,2H3. The molecule has 8 nitrogen and oxygen atoms in total. The fourth-order valence-electron chi connectivity index (χ4n) is 3.65. The summed E-state index contributed by atoms with van der Waals surface area (Å²) >= 11 is 0. The van der Waals surface area contributed by atoms with E-state index < -0.39 is 0 Å². The van der Waals surface area contributed by atoms with Crippen molar-refractivity contribution in [1.29, 1.82) is 5.26 Å². The van der Waals surface area contributed by atoms with Crippen molar-refractivity contribution in [3.05, 3.63) is 49.1 Å². The van der Waals surface area contributed by atoms with Crippen LogP contribution in [0, 0.1) is 11.3 Å². The summed E-state index contributed by atoms with van der Waals surface area (Å²) in [6.07, 6.45) is 10.3. The van der Waals surface area contributed by atoms with E-state index in [-0.39, 0.29) is 11.9 Å². The van der Waals surface area contributed by atoms with Gasteiger partial charge in [0.05, 0.1) is 25.5 Å². The van der Waals surface area contributed by atoms with Gasteiger partial charge in [-0.25, -0.2) is 4.52 Å². The minimum atomic E-state index is -0.0176. The molecule has 1 aliphatic rings. The second-order valence-corrected chi connectivity index (χ2v) is 6.73.